The number of hydrogen-bond acceptors (Lipinski definition) is 3. The monoisotopic (exact) mass is 236 g/mol. The molecule has 1 aromatic heterocycles. The molecule has 17 heavy (non-hydrogen) atoms. The summed E-state index contributed by atoms with van der Waals surface area (Å²) in [6.45, 7) is 2.87. The molecule has 1 aromatic rings. The summed E-state index contributed by atoms with van der Waals surface area (Å²) in [5.41, 5.74) is 7.22. The van der Waals surface area contributed by atoms with E-state index in [1.54, 1.807) is 4.90 Å². The minimum Gasteiger partial charge on any atom is -0.337 e. The number of rotatable bonds is 2. The summed E-state index contributed by atoms with van der Waals surface area (Å²) in [7, 11) is 1.83. The third-order valence-corrected chi connectivity index (χ3v) is 3.46. The van der Waals surface area contributed by atoms with Crippen molar-refractivity contribution in [1.29, 1.82) is 0 Å². The fourth-order valence-electron chi connectivity index (χ4n) is 2.44. The van der Waals surface area contributed by atoms with Crippen molar-refractivity contribution in [2.24, 2.45) is 5.73 Å². The van der Waals surface area contributed by atoms with Crippen molar-refractivity contribution >= 4 is 5.91 Å². The van der Waals surface area contributed by atoms with Gasteiger partial charge < -0.3 is 10.6 Å². The average Bonchev–Trinajstić information content (AvgIpc) is 2.73. The predicted octanol–water partition coefficient (Wildman–Crippen LogP) is 0.914. The molecule has 1 saturated heterocycles. The van der Waals surface area contributed by atoms with Crippen LogP contribution in [0.5, 0.6) is 0 Å². The molecule has 2 heterocycles. The van der Waals surface area contributed by atoms with Gasteiger partial charge in [0.25, 0.3) is 0 Å². The van der Waals surface area contributed by atoms with Crippen molar-refractivity contribution in [3.8, 4) is 0 Å². The van der Waals surface area contributed by atoms with Crippen molar-refractivity contribution in [1.82, 2.24) is 14.7 Å². The van der Waals surface area contributed by atoms with Crippen molar-refractivity contribution in [2.75, 3.05) is 7.05 Å². The Morgan fingerprint density at radius 1 is 1.59 bits per heavy atom. The first kappa shape index (κ1) is 12.1. The van der Waals surface area contributed by atoms with Crippen LogP contribution in [-0.2, 0) is 11.3 Å². The number of likely N-dealkylation sites (N-methyl/N-ethyl adjacent to an activating group) is 1. The lowest BCUT2D eigenvalue weighted by Gasteiger charge is -2.29. The smallest absolute Gasteiger partial charge is 0.222 e. The van der Waals surface area contributed by atoms with Gasteiger partial charge in [0, 0.05) is 37.8 Å². The van der Waals surface area contributed by atoms with Gasteiger partial charge in [-0.25, -0.2) is 0 Å². The molecule has 2 rings (SSSR count). The third-order valence-electron chi connectivity index (χ3n) is 3.46. The van der Waals surface area contributed by atoms with Gasteiger partial charge in [0.1, 0.15) is 0 Å². The lowest BCUT2D eigenvalue weighted by Crippen LogP contribution is -2.39. The Morgan fingerprint density at radius 2 is 2.35 bits per heavy atom. The van der Waals surface area contributed by atoms with E-state index in [9.17, 15) is 4.79 Å². The standard InChI is InChI=1S/C12H20N4O/c1-3-16-8-9(7-14-16)12-10(13)5-4-6-11(17)15(12)2/h7-8,10,12H,3-6,13H2,1-2H3. The van der Waals surface area contributed by atoms with Crippen LogP contribution in [0.2, 0.25) is 0 Å². The molecule has 2 N–H and O–H groups in total. The van der Waals surface area contributed by atoms with E-state index in [2.05, 4.69) is 5.10 Å². The van der Waals surface area contributed by atoms with Crippen molar-refractivity contribution < 1.29 is 4.79 Å². The second-order valence-electron chi connectivity index (χ2n) is 4.63. The number of hydrogen-bond donors (Lipinski definition) is 1. The minimum atomic E-state index is -0.0368. The third kappa shape index (κ3) is 2.34. The normalized spacial score (nSPS) is 26.1. The summed E-state index contributed by atoms with van der Waals surface area (Å²) in [5, 5.41) is 4.26. The summed E-state index contributed by atoms with van der Waals surface area (Å²) in [4.78, 5) is 13.6. The molecule has 5 heteroatoms. The lowest BCUT2D eigenvalue weighted by atomic mass is 9.99. The number of likely N-dealkylation sites (tertiary alicyclic amines) is 1. The highest BCUT2D eigenvalue weighted by atomic mass is 16.2. The lowest BCUT2D eigenvalue weighted by molar-refractivity contribution is -0.131. The number of nitrogens with zero attached hydrogens (tertiary/aromatic N) is 3. The highest BCUT2D eigenvalue weighted by molar-refractivity contribution is 5.76. The molecule has 94 valence electrons. The summed E-state index contributed by atoms with van der Waals surface area (Å²) in [6, 6.07) is -0.0359. The fraction of sp³-hybridized carbons (Fsp3) is 0.667. The van der Waals surface area contributed by atoms with Gasteiger partial charge in [0.15, 0.2) is 0 Å². The number of aromatic nitrogens is 2. The number of nitrogens with two attached hydrogens (primary N) is 1. The molecule has 5 nitrogen and oxygen atoms in total. The van der Waals surface area contributed by atoms with E-state index in [0.29, 0.717) is 6.42 Å². The van der Waals surface area contributed by atoms with Crippen molar-refractivity contribution in [3.63, 3.8) is 0 Å². The topological polar surface area (TPSA) is 64.2 Å². The first-order chi connectivity index (χ1) is 8.13. The van der Waals surface area contributed by atoms with Gasteiger partial charge in [-0.15, -0.1) is 0 Å². The van der Waals surface area contributed by atoms with Crippen molar-refractivity contribution in [2.45, 2.75) is 44.8 Å². The Bertz CT molecular complexity index is 401. The van der Waals surface area contributed by atoms with E-state index in [-0.39, 0.29) is 18.0 Å². The fourth-order valence-corrected chi connectivity index (χ4v) is 2.44. The Hall–Kier alpha value is -1.36. The molecule has 0 aromatic carbocycles. The largest absolute Gasteiger partial charge is 0.337 e. The zero-order valence-electron chi connectivity index (χ0n) is 10.5. The van der Waals surface area contributed by atoms with Crippen LogP contribution in [0, 0.1) is 0 Å². The van der Waals surface area contributed by atoms with Crippen molar-refractivity contribution in [3.05, 3.63) is 18.0 Å². The Balaban J connectivity index is 2.28. The molecule has 0 spiro atoms. The maximum Gasteiger partial charge on any atom is 0.222 e. The molecular formula is C12H20N4O. The number of carbonyl (C=O) groups excluding carboxylic acids is 1. The van der Waals surface area contributed by atoms with Crippen LogP contribution in [-0.4, -0.2) is 33.7 Å². The maximum atomic E-state index is 11.9. The first-order valence-corrected chi connectivity index (χ1v) is 6.17. The van der Waals surface area contributed by atoms with E-state index < -0.39 is 0 Å². The van der Waals surface area contributed by atoms with Gasteiger partial charge in [-0.3, -0.25) is 9.48 Å². The van der Waals surface area contributed by atoms with Crippen LogP contribution in [0.3, 0.4) is 0 Å². The van der Waals surface area contributed by atoms with Crippen LogP contribution in [0.4, 0.5) is 0 Å². The summed E-state index contributed by atoms with van der Waals surface area (Å²) in [5.74, 6) is 0.173. The van der Waals surface area contributed by atoms with Gasteiger partial charge in [-0.05, 0) is 19.8 Å². The molecule has 0 saturated carbocycles. The van der Waals surface area contributed by atoms with Gasteiger partial charge in [0.2, 0.25) is 5.91 Å². The summed E-state index contributed by atoms with van der Waals surface area (Å²) in [6.07, 6.45) is 6.17. The molecular weight excluding hydrogens is 216 g/mol. The molecule has 1 aliphatic heterocycles. The molecule has 0 bridgehead atoms. The van der Waals surface area contributed by atoms with Crippen LogP contribution in [0.25, 0.3) is 0 Å². The van der Waals surface area contributed by atoms with Crippen LogP contribution >= 0.6 is 0 Å². The number of amides is 1. The summed E-state index contributed by atoms with van der Waals surface area (Å²) >= 11 is 0. The number of carbonyl (C=O) groups is 1. The molecule has 2 atom stereocenters. The molecule has 1 aliphatic rings. The van der Waals surface area contributed by atoms with Gasteiger partial charge >= 0.3 is 0 Å². The SMILES string of the molecule is CCn1cc(C2C(N)CCCC(=O)N2C)cn1. The zero-order valence-corrected chi connectivity index (χ0v) is 10.5. The Labute approximate surface area is 102 Å². The zero-order chi connectivity index (χ0) is 12.4. The predicted molar refractivity (Wildman–Crippen MR) is 65.2 cm³/mol. The molecule has 1 fully saturated rings. The van der Waals surface area contributed by atoms with E-state index in [1.165, 1.54) is 0 Å². The van der Waals surface area contributed by atoms with Crippen LogP contribution in [0.1, 0.15) is 37.8 Å². The second-order valence-corrected chi connectivity index (χ2v) is 4.63. The highest BCUT2D eigenvalue weighted by Crippen LogP contribution is 2.28. The minimum absolute atomic E-state index is 0.000885. The molecule has 0 radical (unpaired) electrons. The maximum absolute atomic E-state index is 11.9. The second kappa shape index (κ2) is 4.87. The number of aryl methyl sites for hydroxylation is 1. The molecule has 2 unspecified atom stereocenters. The van der Waals surface area contributed by atoms with Crippen LogP contribution in [0.15, 0.2) is 12.4 Å². The van der Waals surface area contributed by atoms with Crippen LogP contribution < -0.4 is 5.73 Å². The first-order valence-electron chi connectivity index (χ1n) is 6.17. The molecule has 0 aliphatic carbocycles. The highest BCUT2D eigenvalue weighted by Gasteiger charge is 2.31. The quantitative estimate of drug-likeness (QED) is 0.830. The van der Waals surface area contributed by atoms with E-state index in [4.69, 9.17) is 5.73 Å². The average molecular weight is 236 g/mol. The molecule has 1 amide bonds. The van der Waals surface area contributed by atoms with E-state index in [0.717, 1.165) is 24.9 Å². The summed E-state index contributed by atoms with van der Waals surface area (Å²) < 4.78 is 1.87. The van der Waals surface area contributed by atoms with E-state index >= 15 is 0 Å². The Morgan fingerprint density at radius 3 is 3.00 bits per heavy atom. The Kier molecular flexibility index (Phi) is 3.47. The van der Waals surface area contributed by atoms with Gasteiger partial charge in [-0.1, -0.05) is 0 Å². The van der Waals surface area contributed by atoms with E-state index in [1.807, 2.05) is 31.0 Å². The van der Waals surface area contributed by atoms with Gasteiger partial charge in [-0.2, -0.15) is 5.10 Å². The van der Waals surface area contributed by atoms with Gasteiger partial charge in [0.05, 0.1) is 12.2 Å².